The Morgan fingerprint density at radius 3 is 2.78 bits per heavy atom. The molecule has 32 heavy (non-hydrogen) atoms. The number of aryl methyl sites for hydroxylation is 2. The van der Waals surface area contributed by atoms with E-state index in [-0.39, 0.29) is 11.7 Å². The van der Waals surface area contributed by atoms with Gasteiger partial charge in [0.15, 0.2) is 5.16 Å². The maximum atomic E-state index is 12.2. The van der Waals surface area contributed by atoms with Crippen molar-refractivity contribution in [1.82, 2.24) is 14.8 Å². The third-order valence-electron chi connectivity index (χ3n) is 6.28. The summed E-state index contributed by atoms with van der Waals surface area (Å²) in [5.74, 6) is 1.48. The van der Waals surface area contributed by atoms with Crippen LogP contribution in [0.5, 0.6) is 0 Å². The number of hydrogen-bond donors (Lipinski definition) is 0. The monoisotopic (exact) mass is 456 g/mol. The molecule has 0 spiro atoms. The molecule has 8 nitrogen and oxygen atoms in total. The average Bonchev–Trinajstić information content (AvgIpc) is 3.46. The van der Waals surface area contributed by atoms with Crippen molar-refractivity contribution in [3.8, 4) is 0 Å². The first-order valence-electron chi connectivity index (χ1n) is 11.1. The number of benzene rings is 1. The number of hydrogen-bond acceptors (Lipinski definition) is 8. The number of nitrogens with zero attached hydrogens (tertiary/aromatic N) is 4. The summed E-state index contributed by atoms with van der Waals surface area (Å²) in [6, 6.07) is 5.70. The summed E-state index contributed by atoms with van der Waals surface area (Å²) in [4.78, 5) is 14.5. The smallest absolute Gasteiger partial charge is 0.336 e. The normalized spacial score (nSPS) is 19.2. The van der Waals surface area contributed by atoms with Crippen LogP contribution in [0.25, 0.3) is 11.0 Å². The molecule has 0 saturated carbocycles. The van der Waals surface area contributed by atoms with Gasteiger partial charge >= 0.3 is 5.63 Å². The van der Waals surface area contributed by atoms with E-state index in [1.807, 2.05) is 19.9 Å². The first-order chi connectivity index (χ1) is 15.6. The first kappa shape index (κ1) is 21.5. The summed E-state index contributed by atoms with van der Waals surface area (Å²) in [5.41, 5.74) is 3.41. The number of morpholine rings is 1. The summed E-state index contributed by atoms with van der Waals surface area (Å²) >= 11 is 1.60. The van der Waals surface area contributed by atoms with Crippen LogP contribution in [-0.2, 0) is 21.8 Å². The molecule has 0 N–H and O–H groups in total. The van der Waals surface area contributed by atoms with Crippen molar-refractivity contribution in [1.29, 1.82) is 0 Å². The van der Waals surface area contributed by atoms with Crippen LogP contribution < -0.4 is 10.5 Å². The Balaban J connectivity index is 1.44. The zero-order valence-corrected chi connectivity index (χ0v) is 19.3. The van der Waals surface area contributed by atoms with Gasteiger partial charge in [0.2, 0.25) is 5.95 Å². The van der Waals surface area contributed by atoms with Crippen LogP contribution in [0.2, 0.25) is 0 Å². The molecular formula is C23H28N4O4S. The van der Waals surface area contributed by atoms with Gasteiger partial charge in [-0.15, -0.1) is 10.2 Å². The minimum Gasteiger partial charge on any atom is -0.422 e. The first-order valence-corrected chi connectivity index (χ1v) is 12.1. The molecule has 0 aliphatic carbocycles. The predicted octanol–water partition coefficient (Wildman–Crippen LogP) is 3.31. The second kappa shape index (κ2) is 9.25. The number of anilines is 1. The fourth-order valence-corrected chi connectivity index (χ4v) is 5.26. The molecule has 2 aromatic heterocycles. The molecule has 2 fully saturated rings. The summed E-state index contributed by atoms with van der Waals surface area (Å²) in [5, 5.41) is 10.9. The molecule has 9 heteroatoms. The number of fused-ring (bicyclic) bond motifs is 1. The number of ether oxygens (including phenoxy) is 2. The van der Waals surface area contributed by atoms with E-state index in [0.29, 0.717) is 24.5 Å². The summed E-state index contributed by atoms with van der Waals surface area (Å²) in [6.07, 6.45) is 2.32. The molecule has 170 valence electrons. The Morgan fingerprint density at radius 1 is 1.16 bits per heavy atom. The van der Waals surface area contributed by atoms with Crippen LogP contribution in [0.15, 0.2) is 32.6 Å². The Morgan fingerprint density at radius 2 is 2.00 bits per heavy atom. The van der Waals surface area contributed by atoms with Gasteiger partial charge in [0.25, 0.3) is 0 Å². The topological polar surface area (TPSA) is 82.6 Å². The molecule has 0 amide bonds. The van der Waals surface area contributed by atoms with E-state index in [1.165, 1.54) is 0 Å². The summed E-state index contributed by atoms with van der Waals surface area (Å²) in [7, 11) is 0. The lowest BCUT2D eigenvalue weighted by Gasteiger charge is -2.28. The highest BCUT2D eigenvalue weighted by molar-refractivity contribution is 7.98. The van der Waals surface area contributed by atoms with E-state index in [2.05, 4.69) is 25.7 Å². The van der Waals surface area contributed by atoms with E-state index >= 15 is 0 Å². The van der Waals surface area contributed by atoms with E-state index in [9.17, 15) is 4.79 Å². The molecule has 2 saturated heterocycles. The van der Waals surface area contributed by atoms with Gasteiger partial charge in [0.05, 0.1) is 25.9 Å². The lowest BCUT2D eigenvalue weighted by molar-refractivity contribution is 0.0942. The Bertz CT molecular complexity index is 1160. The molecule has 2 aliphatic rings. The Labute approximate surface area is 190 Å². The van der Waals surface area contributed by atoms with E-state index in [4.69, 9.17) is 13.9 Å². The van der Waals surface area contributed by atoms with Crippen molar-refractivity contribution in [3.05, 3.63) is 45.3 Å². The molecule has 2 aliphatic heterocycles. The van der Waals surface area contributed by atoms with Gasteiger partial charge in [-0.05, 0) is 43.4 Å². The highest BCUT2D eigenvalue weighted by atomic mass is 32.2. The molecular weight excluding hydrogens is 428 g/mol. The van der Waals surface area contributed by atoms with E-state index in [0.717, 1.165) is 72.3 Å². The van der Waals surface area contributed by atoms with Crippen molar-refractivity contribution in [3.63, 3.8) is 0 Å². The van der Waals surface area contributed by atoms with Crippen molar-refractivity contribution < 1.29 is 13.9 Å². The van der Waals surface area contributed by atoms with Gasteiger partial charge in [-0.2, -0.15) is 0 Å². The van der Waals surface area contributed by atoms with Gasteiger partial charge in [0, 0.05) is 36.9 Å². The van der Waals surface area contributed by atoms with E-state index < -0.39 is 0 Å². The summed E-state index contributed by atoms with van der Waals surface area (Å²) in [6.45, 7) is 8.56. The zero-order valence-electron chi connectivity index (χ0n) is 18.5. The second-order valence-corrected chi connectivity index (χ2v) is 9.33. The van der Waals surface area contributed by atoms with Crippen LogP contribution in [0.4, 0.5) is 5.95 Å². The summed E-state index contributed by atoms with van der Waals surface area (Å²) < 4.78 is 19.1. The van der Waals surface area contributed by atoms with Crippen molar-refractivity contribution in [2.45, 2.75) is 50.2 Å². The highest BCUT2D eigenvalue weighted by Crippen LogP contribution is 2.31. The average molecular weight is 457 g/mol. The van der Waals surface area contributed by atoms with Gasteiger partial charge in [0.1, 0.15) is 5.58 Å². The zero-order chi connectivity index (χ0) is 22.1. The number of thioether (sulfide) groups is 1. The Kier molecular flexibility index (Phi) is 6.21. The minimum absolute atomic E-state index is 0.181. The van der Waals surface area contributed by atoms with Crippen LogP contribution in [-0.4, -0.2) is 53.8 Å². The lowest BCUT2D eigenvalue weighted by atomic mass is 10.0. The quantitative estimate of drug-likeness (QED) is 0.413. The predicted molar refractivity (Wildman–Crippen MR) is 124 cm³/mol. The molecule has 1 unspecified atom stereocenters. The fraction of sp³-hybridized carbons (Fsp3) is 0.522. The molecule has 0 radical (unpaired) electrons. The van der Waals surface area contributed by atoms with Crippen LogP contribution in [0.3, 0.4) is 0 Å². The molecule has 0 bridgehead atoms. The van der Waals surface area contributed by atoms with Gasteiger partial charge < -0.3 is 18.8 Å². The number of rotatable bonds is 6. The maximum absolute atomic E-state index is 12.2. The van der Waals surface area contributed by atoms with Crippen LogP contribution in [0, 0.1) is 13.8 Å². The van der Waals surface area contributed by atoms with E-state index in [1.54, 1.807) is 17.8 Å². The molecule has 1 atom stereocenters. The number of aromatic nitrogens is 3. The molecule has 1 aromatic carbocycles. The molecule has 4 heterocycles. The molecule has 5 rings (SSSR count). The van der Waals surface area contributed by atoms with Crippen molar-refractivity contribution in [2.75, 3.05) is 37.8 Å². The minimum atomic E-state index is -0.323. The third-order valence-corrected chi connectivity index (χ3v) is 7.29. The van der Waals surface area contributed by atoms with Gasteiger partial charge in [-0.1, -0.05) is 23.9 Å². The SMILES string of the molecule is Cc1ccc2c(CSc3nnc(N4CCOCC4)n3CC3CCCO3)cc(=O)oc2c1C. The van der Waals surface area contributed by atoms with Crippen molar-refractivity contribution >= 4 is 28.7 Å². The molecule has 3 aromatic rings. The van der Waals surface area contributed by atoms with Crippen LogP contribution in [0.1, 0.15) is 29.5 Å². The largest absolute Gasteiger partial charge is 0.422 e. The third kappa shape index (κ3) is 4.29. The lowest BCUT2D eigenvalue weighted by Crippen LogP contribution is -2.38. The fourth-order valence-electron chi connectivity index (χ4n) is 4.32. The van der Waals surface area contributed by atoms with Crippen molar-refractivity contribution in [2.24, 2.45) is 0 Å². The van der Waals surface area contributed by atoms with Gasteiger partial charge in [-0.3, -0.25) is 4.57 Å². The maximum Gasteiger partial charge on any atom is 0.336 e. The van der Waals surface area contributed by atoms with Crippen LogP contribution >= 0.6 is 11.8 Å². The second-order valence-electron chi connectivity index (χ2n) is 8.39. The standard InChI is InChI=1S/C23H28N4O4S/c1-15-5-6-19-17(12-20(28)31-21(19)16(15)2)14-32-23-25-24-22(26-7-10-29-11-8-26)27(23)13-18-4-3-9-30-18/h5-6,12,18H,3-4,7-11,13-14H2,1-2H3. The van der Waals surface area contributed by atoms with Gasteiger partial charge in [-0.25, -0.2) is 4.79 Å². The highest BCUT2D eigenvalue weighted by Gasteiger charge is 2.25. The Hall–Kier alpha value is -2.36.